The molecule has 0 aromatic heterocycles. The van der Waals surface area contributed by atoms with E-state index in [0.29, 0.717) is 0 Å². The van der Waals surface area contributed by atoms with E-state index < -0.39 is 8.88 Å². The van der Waals surface area contributed by atoms with Crippen LogP contribution in [0.1, 0.15) is 57.8 Å². The van der Waals surface area contributed by atoms with Gasteiger partial charge in [0.15, 0.2) is 0 Å². The minimum Gasteiger partial charge on any atom is -0.524 e. The lowest BCUT2D eigenvalue weighted by Gasteiger charge is -2.60. The van der Waals surface area contributed by atoms with E-state index in [0.717, 1.165) is 24.9 Å². The van der Waals surface area contributed by atoms with E-state index >= 15 is 0 Å². The number of hydrogen-bond donors (Lipinski definition) is 0. The van der Waals surface area contributed by atoms with E-state index in [1.165, 1.54) is 70.9 Å². The van der Waals surface area contributed by atoms with Crippen LogP contribution in [-0.2, 0) is 8.85 Å². The molecule has 3 aliphatic rings. The maximum atomic E-state index is 6.17. The Hall–Kier alpha value is 0.0569. The molecule has 1 saturated carbocycles. The highest BCUT2D eigenvalue weighted by Gasteiger charge is 2.41. The molecule has 3 rings (SSSR count). The average Bonchev–Trinajstić information content (AvgIpc) is 2.86. The molecule has 0 radical (unpaired) electrons. The van der Waals surface area contributed by atoms with Gasteiger partial charge in [-0.3, -0.25) is 0 Å². The van der Waals surface area contributed by atoms with Gasteiger partial charge in [-0.25, -0.2) is 0 Å². The van der Waals surface area contributed by atoms with Gasteiger partial charge in [-0.15, -0.1) is 0 Å². The summed E-state index contributed by atoms with van der Waals surface area (Å²) in [5, 5.41) is 0. The van der Waals surface area contributed by atoms with Crippen LogP contribution >= 0.6 is 0 Å². The average molecular weight is 327 g/mol. The maximum Gasteiger partial charge on any atom is 0.302 e. The van der Waals surface area contributed by atoms with Crippen molar-refractivity contribution < 1.29 is 8.85 Å². The first-order valence-electron chi connectivity index (χ1n) is 9.40. The zero-order valence-electron chi connectivity index (χ0n) is 14.6. The summed E-state index contributed by atoms with van der Waals surface area (Å²) in [5.41, 5.74) is 0. The van der Waals surface area contributed by atoms with Crippen LogP contribution in [-0.4, -0.2) is 58.4 Å². The zero-order chi connectivity index (χ0) is 15.4. The molecule has 0 spiro atoms. The monoisotopic (exact) mass is 326 g/mol. The van der Waals surface area contributed by atoms with Crippen LogP contribution in [0.5, 0.6) is 0 Å². The summed E-state index contributed by atoms with van der Waals surface area (Å²) in [5.74, 6) is 1.85. The molecule has 4 nitrogen and oxygen atoms in total. The Morgan fingerprint density at radius 2 is 1.32 bits per heavy atom. The standard InChI is InChI=1S/C17H34N2O2Si/c1-20-22(21-2,18-12-7-3-4-8-13-18)19-14-11-16-9-5-6-10-17(16)15-19/h16-17H,3-15H2,1-2H3/q-1. The highest BCUT2D eigenvalue weighted by Crippen LogP contribution is 2.38. The largest absolute Gasteiger partial charge is 0.524 e. The van der Waals surface area contributed by atoms with Gasteiger partial charge in [0.05, 0.1) is 0 Å². The lowest BCUT2D eigenvalue weighted by molar-refractivity contribution is 0.0459. The lowest BCUT2D eigenvalue weighted by Crippen LogP contribution is -2.71. The van der Waals surface area contributed by atoms with Crippen LogP contribution in [0.3, 0.4) is 0 Å². The number of rotatable bonds is 4. The molecular weight excluding hydrogens is 292 g/mol. The van der Waals surface area contributed by atoms with Crippen molar-refractivity contribution in [3.63, 3.8) is 0 Å². The van der Waals surface area contributed by atoms with E-state index in [-0.39, 0.29) is 0 Å². The van der Waals surface area contributed by atoms with Crippen LogP contribution in [0.25, 0.3) is 0 Å². The van der Waals surface area contributed by atoms with E-state index in [9.17, 15) is 0 Å². The number of nitrogens with zero attached hydrogens (tertiary/aromatic N) is 2. The molecule has 5 heteroatoms. The van der Waals surface area contributed by atoms with Gasteiger partial charge in [0.2, 0.25) is 0 Å². The molecule has 1 aliphatic carbocycles. The second-order valence-corrected chi connectivity index (χ2v) is 10.6. The van der Waals surface area contributed by atoms with Crippen LogP contribution in [0, 0.1) is 11.8 Å². The summed E-state index contributed by atoms with van der Waals surface area (Å²) >= 11 is 0. The fraction of sp³-hybridized carbons (Fsp3) is 1.00. The van der Waals surface area contributed by atoms with Crippen molar-refractivity contribution in [2.24, 2.45) is 11.8 Å². The predicted octanol–water partition coefficient (Wildman–Crippen LogP) is 3.10. The van der Waals surface area contributed by atoms with Gasteiger partial charge >= 0.3 is 8.88 Å². The Morgan fingerprint density at radius 1 is 0.682 bits per heavy atom. The van der Waals surface area contributed by atoms with Gasteiger partial charge in [0.1, 0.15) is 0 Å². The quantitative estimate of drug-likeness (QED) is 0.741. The first-order valence-corrected chi connectivity index (χ1v) is 11.1. The van der Waals surface area contributed by atoms with Crippen molar-refractivity contribution >= 4 is 8.88 Å². The summed E-state index contributed by atoms with van der Waals surface area (Å²) in [7, 11) is 1.38. The second kappa shape index (κ2) is 7.75. The third kappa shape index (κ3) is 3.29. The third-order valence-corrected chi connectivity index (χ3v) is 9.74. The van der Waals surface area contributed by atoms with Gasteiger partial charge in [-0.2, -0.15) is 0 Å². The van der Waals surface area contributed by atoms with E-state index in [1.807, 2.05) is 14.2 Å². The molecule has 2 atom stereocenters. The molecule has 2 aliphatic heterocycles. The summed E-state index contributed by atoms with van der Waals surface area (Å²) in [4.78, 5) is 0. The van der Waals surface area contributed by atoms with Crippen molar-refractivity contribution in [1.82, 2.24) is 9.13 Å². The molecule has 2 heterocycles. The number of hydrogen-bond acceptors (Lipinski definition) is 4. The van der Waals surface area contributed by atoms with Crippen LogP contribution in [0.2, 0.25) is 0 Å². The Kier molecular flexibility index (Phi) is 5.95. The van der Waals surface area contributed by atoms with Crippen LogP contribution in [0.15, 0.2) is 0 Å². The molecule has 2 unspecified atom stereocenters. The van der Waals surface area contributed by atoms with Gasteiger partial charge in [-0.1, -0.05) is 32.1 Å². The topological polar surface area (TPSA) is 24.9 Å². The van der Waals surface area contributed by atoms with Gasteiger partial charge in [-0.05, 0) is 77.9 Å². The van der Waals surface area contributed by atoms with Crippen molar-refractivity contribution in [1.29, 1.82) is 0 Å². The first kappa shape index (κ1) is 16.9. The fourth-order valence-corrected chi connectivity index (χ4v) is 8.37. The third-order valence-electron chi connectivity index (χ3n) is 6.23. The Morgan fingerprint density at radius 3 is 1.95 bits per heavy atom. The summed E-state index contributed by atoms with van der Waals surface area (Å²) in [6.07, 6.45) is 12.4. The summed E-state index contributed by atoms with van der Waals surface area (Å²) in [6, 6.07) is 0. The van der Waals surface area contributed by atoms with Crippen LogP contribution < -0.4 is 0 Å². The minimum atomic E-state index is -2.38. The lowest BCUT2D eigenvalue weighted by atomic mass is 9.76. The highest BCUT2D eigenvalue weighted by molar-refractivity contribution is 6.61. The molecule has 0 bridgehead atoms. The van der Waals surface area contributed by atoms with Gasteiger partial charge in [0.25, 0.3) is 0 Å². The van der Waals surface area contributed by atoms with Gasteiger partial charge in [0, 0.05) is 0 Å². The maximum absolute atomic E-state index is 6.17. The highest BCUT2D eigenvalue weighted by atomic mass is 28.4. The molecule has 0 amide bonds. The van der Waals surface area contributed by atoms with Crippen molar-refractivity contribution in [3.05, 3.63) is 0 Å². The molecule has 3 fully saturated rings. The zero-order valence-corrected chi connectivity index (χ0v) is 15.6. The number of piperidine rings is 1. The Balaban J connectivity index is 1.74. The molecule has 129 valence electrons. The second-order valence-electron chi connectivity index (χ2n) is 7.40. The summed E-state index contributed by atoms with van der Waals surface area (Å²) in [6.45, 7) is 4.68. The van der Waals surface area contributed by atoms with E-state index in [4.69, 9.17) is 8.85 Å². The van der Waals surface area contributed by atoms with Gasteiger partial charge < -0.3 is 18.0 Å². The minimum absolute atomic E-state index is 0.881. The SMILES string of the molecule is CO[Si-](OC)(N1CCCCCC1)N1CCC2CCCCC2C1. The molecule has 0 aromatic carbocycles. The van der Waals surface area contributed by atoms with Crippen molar-refractivity contribution in [3.8, 4) is 0 Å². The smallest absolute Gasteiger partial charge is 0.302 e. The molecule has 0 aromatic rings. The Labute approximate surface area is 137 Å². The van der Waals surface area contributed by atoms with Crippen molar-refractivity contribution in [2.45, 2.75) is 57.8 Å². The first-order chi connectivity index (χ1) is 10.8. The molecule has 2 saturated heterocycles. The molecular formula is C17H34N2O2Si-. The Bertz CT molecular complexity index is 344. The number of fused-ring (bicyclic) bond motifs is 1. The van der Waals surface area contributed by atoms with Crippen LogP contribution in [0.4, 0.5) is 0 Å². The normalized spacial score (nSPS) is 32.5. The molecule has 0 N–H and O–H groups in total. The fourth-order valence-electron chi connectivity index (χ4n) is 5.01. The van der Waals surface area contributed by atoms with E-state index in [1.54, 1.807) is 0 Å². The van der Waals surface area contributed by atoms with Crippen molar-refractivity contribution in [2.75, 3.05) is 40.4 Å². The predicted molar refractivity (Wildman–Crippen MR) is 91.5 cm³/mol. The van der Waals surface area contributed by atoms with E-state index in [2.05, 4.69) is 9.13 Å². The molecule has 22 heavy (non-hydrogen) atoms. The summed E-state index contributed by atoms with van der Waals surface area (Å²) < 4.78 is 17.6.